The molecule has 5 nitrogen and oxygen atoms in total. The summed E-state index contributed by atoms with van der Waals surface area (Å²) >= 11 is 0. The highest BCUT2D eigenvalue weighted by molar-refractivity contribution is 6.21. The molecule has 0 spiro atoms. The minimum atomic E-state index is -0.502. The number of rotatable bonds is 2. The Labute approximate surface area is 139 Å². The second kappa shape index (κ2) is 5.53. The van der Waals surface area contributed by atoms with Crippen LogP contribution < -0.4 is 15.4 Å². The van der Waals surface area contributed by atoms with E-state index in [0.29, 0.717) is 16.9 Å². The van der Waals surface area contributed by atoms with Gasteiger partial charge < -0.3 is 15.4 Å². The zero-order valence-electron chi connectivity index (χ0n) is 13.1. The summed E-state index contributed by atoms with van der Waals surface area (Å²) in [6, 6.07) is 14.4. The molecule has 0 fully saturated rings. The molecule has 1 aliphatic heterocycles. The minimum Gasteiger partial charge on any atom is -0.497 e. The van der Waals surface area contributed by atoms with Crippen LogP contribution in [0.25, 0.3) is 5.70 Å². The molecule has 1 atom stereocenters. The predicted octanol–water partition coefficient (Wildman–Crippen LogP) is 2.06. The number of carbonyl (C=O) groups excluding carboxylic acids is 2. The van der Waals surface area contributed by atoms with Crippen molar-refractivity contribution in [2.75, 3.05) is 13.7 Å². The lowest BCUT2D eigenvalue weighted by atomic mass is 9.95. The van der Waals surface area contributed by atoms with Gasteiger partial charge in [0.25, 0.3) is 0 Å². The number of carbonyl (C=O) groups is 2. The number of fused-ring (bicyclic) bond motifs is 2. The molecule has 120 valence electrons. The van der Waals surface area contributed by atoms with Gasteiger partial charge in [0.2, 0.25) is 5.91 Å². The Morgan fingerprint density at radius 2 is 1.83 bits per heavy atom. The molecule has 2 aromatic rings. The van der Waals surface area contributed by atoms with Crippen molar-refractivity contribution in [3.05, 3.63) is 70.8 Å². The fraction of sp³-hybridized carbons (Fsp3) is 0.158. The van der Waals surface area contributed by atoms with Gasteiger partial charge in [0, 0.05) is 11.1 Å². The van der Waals surface area contributed by atoms with Gasteiger partial charge in [-0.2, -0.15) is 0 Å². The third-order valence-corrected chi connectivity index (χ3v) is 4.40. The van der Waals surface area contributed by atoms with Crippen LogP contribution in [0.15, 0.2) is 54.1 Å². The van der Waals surface area contributed by atoms with E-state index >= 15 is 0 Å². The standard InChI is InChI=1S/C19H16N2O3/c1-24-12-6-4-5-11(9-12)17-16-18(20-10-15(22)21-17)13-7-2-3-8-14(13)19(16)23/h2-9,17,20H,10H2,1H3,(H,21,22). The van der Waals surface area contributed by atoms with E-state index in [1.807, 2.05) is 48.5 Å². The van der Waals surface area contributed by atoms with Crippen LogP contribution in [0.4, 0.5) is 0 Å². The highest BCUT2D eigenvalue weighted by atomic mass is 16.5. The molecule has 5 heteroatoms. The number of hydrogen-bond donors (Lipinski definition) is 2. The van der Waals surface area contributed by atoms with Gasteiger partial charge in [0.15, 0.2) is 5.78 Å². The first-order valence-electron chi connectivity index (χ1n) is 7.74. The Bertz CT molecular complexity index is 886. The van der Waals surface area contributed by atoms with Crippen molar-refractivity contribution in [3.63, 3.8) is 0 Å². The van der Waals surface area contributed by atoms with Gasteiger partial charge in [0.1, 0.15) is 5.75 Å². The van der Waals surface area contributed by atoms with Crippen molar-refractivity contribution in [2.45, 2.75) is 6.04 Å². The van der Waals surface area contributed by atoms with Crippen LogP contribution in [0.3, 0.4) is 0 Å². The maximum atomic E-state index is 12.9. The van der Waals surface area contributed by atoms with Crippen LogP contribution in [0.5, 0.6) is 5.75 Å². The fourth-order valence-corrected chi connectivity index (χ4v) is 3.29. The molecule has 1 aliphatic carbocycles. The Morgan fingerprint density at radius 1 is 1.04 bits per heavy atom. The van der Waals surface area contributed by atoms with Crippen molar-refractivity contribution in [1.29, 1.82) is 0 Å². The lowest BCUT2D eigenvalue weighted by molar-refractivity contribution is -0.120. The van der Waals surface area contributed by atoms with Crippen LogP contribution in [-0.2, 0) is 4.79 Å². The number of ether oxygens (including phenoxy) is 1. The highest BCUT2D eigenvalue weighted by Gasteiger charge is 2.37. The number of ketones is 1. The van der Waals surface area contributed by atoms with Crippen LogP contribution in [0.1, 0.15) is 27.5 Å². The van der Waals surface area contributed by atoms with E-state index in [9.17, 15) is 9.59 Å². The maximum absolute atomic E-state index is 12.9. The van der Waals surface area contributed by atoms with Crippen LogP contribution in [-0.4, -0.2) is 25.3 Å². The Morgan fingerprint density at radius 3 is 2.62 bits per heavy atom. The van der Waals surface area contributed by atoms with Crippen LogP contribution in [0.2, 0.25) is 0 Å². The molecule has 2 aromatic carbocycles. The number of hydrogen-bond acceptors (Lipinski definition) is 4. The summed E-state index contributed by atoms with van der Waals surface area (Å²) in [6.07, 6.45) is 0. The minimum absolute atomic E-state index is 0.0527. The number of nitrogens with one attached hydrogen (secondary N) is 2. The summed E-state index contributed by atoms with van der Waals surface area (Å²) in [4.78, 5) is 25.1. The summed E-state index contributed by atoms with van der Waals surface area (Å²) in [5.74, 6) is 0.481. The topological polar surface area (TPSA) is 67.4 Å². The summed E-state index contributed by atoms with van der Waals surface area (Å²) in [5, 5.41) is 6.07. The normalized spacial score (nSPS) is 19.1. The fourth-order valence-electron chi connectivity index (χ4n) is 3.29. The average Bonchev–Trinajstić information content (AvgIpc) is 2.78. The predicted molar refractivity (Wildman–Crippen MR) is 89.6 cm³/mol. The first kappa shape index (κ1) is 14.5. The maximum Gasteiger partial charge on any atom is 0.240 e. The highest BCUT2D eigenvalue weighted by Crippen LogP contribution is 2.39. The van der Waals surface area contributed by atoms with Gasteiger partial charge in [-0.15, -0.1) is 0 Å². The third kappa shape index (κ3) is 2.17. The Kier molecular flexibility index (Phi) is 3.34. The van der Waals surface area contributed by atoms with Gasteiger partial charge in [-0.3, -0.25) is 9.59 Å². The molecule has 1 heterocycles. The summed E-state index contributed by atoms with van der Waals surface area (Å²) in [7, 11) is 1.59. The largest absolute Gasteiger partial charge is 0.497 e. The lowest BCUT2D eigenvalue weighted by Gasteiger charge is -2.19. The molecule has 0 saturated carbocycles. The second-order valence-corrected chi connectivity index (χ2v) is 5.79. The lowest BCUT2D eigenvalue weighted by Crippen LogP contribution is -2.33. The first-order chi connectivity index (χ1) is 11.7. The van der Waals surface area contributed by atoms with Crippen molar-refractivity contribution < 1.29 is 14.3 Å². The quantitative estimate of drug-likeness (QED) is 0.889. The molecule has 4 rings (SSSR count). The van der Waals surface area contributed by atoms with E-state index in [2.05, 4.69) is 10.6 Å². The summed E-state index contributed by atoms with van der Waals surface area (Å²) in [5.41, 5.74) is 3.65. The van der Waals surface area contributed by atoms with Crippen molar-refractivity contribution in [1.82, 2.24) is 10.6 Å². The van der Waals surface area contributed by atoms with Crippen molar-refractivity contribution in [3.8, 4) is 5.75 Å². The SMILES string of the molecule is COc1cccc(C2NC(=O)CNC3=C2C(=O)c2ccccc23)c1. The van der Waals surface area contributed by atoms with E-state index in [-0.39, 0.29) is 18.2 Å². The second-order valence-electron chi connectivity index (χ2n) is 5.79. The number of amides is 1. The number of methoxy groups -OCH3 is 1. The Hall–Kier alpha value is -3.08. The van der Waals surface area contributed by atoms with E-state index in [1.165, 1.54) is 0 Å². The van der Waals surface area contributed by atoms with Crippen molar-refractivity contribution >= 4 is 17.4 Å². The molecule has 0 aromatic heterocycles. The number of Topliss-reactive ketones (excluding diaryl/α,β-unsaturated/α-hetero) is 1. The van der Waals surface area contributed by atoms with Gasteiger partial charge in [-0.1, -0.05) is 36.4 Å². The molecule has 0 bridgehead atoms. The van der Waals surface area contributed by atoms with E-state index < -0.39 is 6.04 Å². The zero-order valence-corrected chi connectivity index (χ0v) is 13.1. The molecule has 2 aliphatic rings. The van der Waals surface area contributed by atoms with Gasteiger partial charge in [-0.25, -0.2) is 0 Å². The molecular formula is C19H16N2O3. The number of benzene rings is 2. The summed E-state index contributed by atoms with van der Waals surface area (Å²) < 4.78 is 5.27. The van der Waals surface area contributed by atoms with Crippen LogP contribution in [0, 0.1) is 0 Å². The van der Waals surface area contributed by atoms with Gasteiger partial charge >= 0.3 is 0 Å². The molecule has 1 amide bonds. The van der Waals surface area contributed by atoms with Gasteiger partial charge in [-0.05, 0) is 17.7 Å². The summed E-state index contributed by atoms with van der Waals surface area (Å²) in [6.45, 7) is 0.140. The zero-order chi connectivity index (χ0) is 16.7. The van der Waals surface area contributed by atoms with E-state index in [4.69, 9.17) is 4.74 Å². The molecule has 2 N–H and O–H groups in total. The Balaban J connectivity index is 1.88. The molecule has 1 unspecified atom stereocenters. The smallest absolute Gasteiger partial charge is 0.240 e. The average molecular weight is 320 g/mol. The third-order valence-electron chi connectivity index (χ3n) is 4.40. The molecule has 0 radical (unpaired) electrons. The van der Waals surface area contributed by atoms with Crippen molar-refractivity contribution in [2.24, 2.45) is 0 Å². The van der Waals surface area contributed by atoms with E-state index in [1.54, 1.807) is 7.11 Å². The molecular weight excluding hydrogens is 304 g/mol. The molecule has 0 saturated heterocycles. The van der Waals surface area contributed by atoms with E-state index in [0.717, 1.165) is 16.8 Å². The molecule has 24 heavy (non-hydrogen) atoms. The first-order valence-corrected chi connectivity index (χ1v) is 7.74. The van der Waals surface area contributed by atoms with Crippen LogP contribution >= 0.6 is 0 Å². The van der Waals surface area contributed by atoms with Gasteiger partial charge in [0.05, 0.1) is 31.0 Å². The monoisotopic (exact) mass is 320 g/mol.